The molecule has 0 radical (unpaired) electrons. The van der Waals surface area contributed by atoms with Gasteiger partial charge in [-0.25, -0.2) is 0 Å². The zero-order chi connectivity index (χ0) is 12.2. The highest BCUT2D eigenvalue weighted by Gasteiger charge is 2.27. The number of Topliss-reactive ketones (excluding diaryl/α,β-unsaturated/α-hetero) is 1. The third-order valence-electron chi connectivity index (χ3n) is 1.90. The monoisotopic (exact) mass is 252 g/mol. The van der Waals surface area contributed by atoms with Crippen LogP contribution in [0.5, 0.6) is 0 Å². The number of ether oxygens (including phenoxy) is 1. The van der Waals surface area contributed by atoms with E-state index in [4.69, 9.17) is 0 Å². The highest BCUT2D eigenvalue weighted by atomic mass is 32.1. The fraction of sp³-hybridized carbons (Fsp3) is 0.500. The predicted octanol–water partition coefficient (Wildman–Crippen LogP) is 3.21. The largest absolute Gasteiger partial charge is 0.411 e. The number of rotatable bonds is 5. The number of hydrogen-bond acceptors (Lipinski definition) is 3. The van der Waals surface area contributed by atoms with Crippen LogP contribution in [0.25, 0.3) is 0 Å². The van der Waals surface area contributed by atoms with Crippen molar-refractivity contribution in [1.82, 2.24) is 0 Å². The Morgan fingerprint density at radius 2 is 2.19 bits per heavy atom. The number of aryl methyl sites for hydroxylation is 1. The van der Waals surface area contributed by atoms with Crippen LogP contribution in [0.3, 0.4) is 0 Å². The van der Waals surface area contributed by atoms with Gasteiger partial charge < -0.3 is 4.74 Å². The quantitative estimate of drug-likeness (QED) is 0.594. The predicted molar refractivity (Wildman–Crippen MR) is 54.9 cm³/mol. The smallest absolute Gasteiger partial charge is 0.372 e. The minimum absolute atomic E-state index is 0.0202. The molecule has 1 aromatic rings. The Kier molecular flexibility index (Phi) is 4.49. The van der Waals surface area contributed by atoms with Crippen molar-refractivity contribution in [2.75, 3.05) is 13.2 Å². The Hall–Kier alpha value is -0.880. The highest BCUT2D eigenvalue weighted by Crippen LogP contribution is 2.17. The molecule has 16 heavy (non-hydrogen) atoms. The van der Waals surface area contributed by atoms with Crippen molar-refractivity contribution < 1.29 is 22.7 Å². The van der Waals surface area contributed by atoms with E-state index in [0.717, 1.165) is 4.88 Å². The van der Waals surface area contributed by atoms with Crippen LogP contribution in [0.4, 0.5) is 13.2 Å². The normalized spacial score (nSPS) is 11.8. The summed E-state index contributed by atoms with van der Waals surface area (Å²) in [4.78, 5) is 12.4. The summed E-state index contributed by atoms with van der Waals surface area (Å²) < 4.78 is 39.5. The molecule has 0 saturated heterocycles. The molecular formula is C10H11F3O2S. The van der Waals surface area contributed by atoms with Crippen molar-refractivity contribution in [3.63, 3.8) is 0 Å². The number of carbonyl (C=O) groups excluding carboxylic acids is 1. The summed E-state index contributed by atoms with van der Waals surface area (Å²) in [6.45, 7) is 0.297. The van der Waals surface area contributed by atoms with E-state index in [-0.39, 0.29) is 18.8 Å². The lowest BCUT2D eigenvalue weighted by Crippen LogP contribution is -2.18. The van der Waals surface area contributed by atoms with Crippen molar-refractivity contribution in [2.24, 2.45) is 0 Å². The van der Waals surface area contributed by atoms with Crippen LogP contribution in [-0.2, 0) is 4.74 Å². The lowest BCUT2D eigenvalue weighted by Gasteiger charge is -2.06. The molecule has 6 heteroatoms. The minimum atomic E-state index is -4.33. The maximum absolute atomic E-state index is 11.7. The molecule has 0 saturated carbocycles. The topological polar surface area (TPSA) is 26.3 Å². The van der Waals surface area contributed by atoms with Crippen molar-refractivity contribution in [3.05, 3.63) is 21.9 Å². The van der Waals surface area contributed by atoms with Crippen LogP contribution in [0.2, 0.25) is 0 Å². The van der Waals surface area contributed by atoms with Gasteiger partial charge in [-0.05, 0) is 18.4 Å². The second-order valence-corrected chi connectivity index (χ2v) is 4.35. The van der Waals surface area contributed by atoms with Crippen LogP contribution < -0.4 is 0 Å². The summed E-state index contributed by atoms with van der Waals surface area (Å²) in [6, 6.07) is 1.67. The maximum Gasteiger partial charge on any atom is 0.411 e. The van der Waals surface area contributed by atoms with Crippen LogP contribution in [0.15, 0.2) is 11.4 Å². The molecule has 0 N–H and O–H groups in total. The number of hydrogen-bond donors (Lipinski definition) is 0. The van der Waals surface area contributed by atoms with E-state index in [9.17, 15) is 18.0 Å². The Bertz CT molecular complexity index is 357. The molecule has 1 rings (SSSR count). The summed E-state index contributed by atoms with van der Waals surface area (Å²) in [6.07, 6.45) is -4.35. The summed E-state index contributed by atoms with van der Waals surface area (Å²) >= 11 is 1.43. The van der Waals surface area contributed by atoms with Crippen molar-refractivity contribution >= 4 is 17.1 Å². The van der Waals surface area contributed by atoms with Gasteiger partial charge in [-0.1, -0.05) is 0 Å². The molecule has 0 fully saturated rings. The average Bonchev–Trinajstić information content (AvgIpc) is 2.57. The molecule has 0 unspecified atom stereocenters. The van der Waals surface area contributed by atoms with Gasteiger partial charge in [0.25, 0.3) is 0 Å². The molecule has 0 amide bonds. The Balaban J connectivity index is 2.29. The molecule has 0 spiro atoms. The average molecular weight is 252 g/mol. The zero-order valence-corrected chi connectivity index (χ0v) is 9.45. The summed E-state index contributed by atoms with van der Waals surface area (Å²) in [5.41, 5.74) is 0.570. The Morgan fingerprint density at radius 1 is 1.50 bits per heavy atom. The van der Waals surface area contributed by atoms with Crippen LogP contribution in [0, 0.1) is 6.92 Å². The second-order valence-electron chi connectivity index (χ2n) is 3.23. The summed E-state index contributed by atoms with van der Waals surface area (Å²) in [7, 11) is 0. The standard InChI is InChI=1S/C10H11F3O2S/c1-7-8(3-5-16-7)9(14)2-4-15-6-10(11,12)13/h3,5H,2,4,6H2,1H3. The Morgan fingerprint density at radius 3 is 2.69 bits per heavy atom. The first-order valence-corrected chi connectivity index (χ1v) is 5.50. The van der Waals surface area contributed by atoms with Crippen molar-refractivity contribution in [3.8, 4) is 0 Å². The van der Waals surface area contributed by atoms with Crippen molar-refractivity contribution in [2.45, 2.75) is 19.5 Å². The van der Waals surface area contributed by atoms with E-state index >= 15 is 0 Å². The van der Waals surface area contributed by atoms with E-state index in [1.165, 1.54) is 11.3 Å². The van der Waals surface area contributed by atoms with E-state index < -0.39 is 12.8 Å². The molecule has 0 aliphatic heterocycles. The fourth-order valence-electron chi connectivity index (χ4n) is 1.16. The van der Waals surface area contributed by atoms with Gasteiger partial charge in [0.2, 0.25) is 0 Å². The van der Waals surface area contributed by atoms with Gasteiger partial charge >= 0.3 is 6.18 Å². The lowest BCUT2D eigenvalue weighted by molar-refractivity contribution is -0.173. The SMILES string of the molecule is Cc1sccc1C(=O)CCOCC(F)(F)F. The van der Waals surface area contributed by atoms with E-state index in [0.29, 0.717) is 5.56 Å². The first kappa shape index (κ1) is 13.2. The molecule has 0 aliphatic rings. The van der Waals surface area contributed by atoms with E-state index in [1.807, 2.05) is 0 Å². The number of thiophene rings is 1. The number of ketones is 1. The first-order valence-electron chi connectivity index (χ1n) is 4.62. The minimum Gasteiger partial charge on any atom is -0.372 e. The summed E-state index contributed by atoms with van der Waals surface area (Å²) in [5.74, 6) is -0.180. The van der Waals surface area contributed by atoms with E-state index in [1.54, 1.807) is 18.4 Å². The highest BCUT2D eigenvalue weighted by molar-refractivity contribution is 7.10. The van der Waals surface area contributed by atoms with Gasteiger partial charge in [0.15, 0.2) is 5.78 Å². The molecular weight excluding hydrogens is 241 g/mol. The van der Waals surface area contributed by atoms with Crippen LogP contribution >= 0.6 is 11.3 Å². The lowest BCUT2D eigenvalue weighted by atomic mass is 10.1. The van der Waals surface area contributed by atoms with Gasteiger partial charge in [0.05, 0.1) is 6.61 Å². The summed E-state index contributed by atoms with van der Waals surface area (Å²) in [5, 5.41) is 1.78. The first-order chi connectivity index (χ1) is 7.40. The van der Waals surface area contributed by atoms with Crippen LogP contribution in [0.1, 0.15) is 21.7 Å². The van der Waals surface area contributed by atoms with Gasteiger partial charge in [-0.3, -0.25) is 4.79 Å². The van der Waals surface area contributed by atoms with E-state index in [2.05, 4.69) is 4.74 Å². The third kappa shape index (κ3) is 4.32. The molecule has 90 valence electrons. The molecule has 0 aliphatic carbocycles. The fourth-order valence-corrected chi connectivity index (χ4v) is 1.88. The van der Waals surface area contributed by atoms with Crippen molar-refractivity contribution in [1.29, 1.82) is 0 Å². The zero-order valence-electron chi connectivity index (χ0n) is 8.63. The number of carbonyl (C=O) groups is 1. The maximum atomic E-state index is 11.7. The van der Waals surface area contributed by atoms with Gasteiger partial charge in [-0.15, -0.1) is 11.3 Å². The molecule has 1 aromatic heterocycles. The molecule has 1 heterocycles. The van der Waals surface area contributed by atoms with Gasteiger partial charge in [0, 0.05) is 16.9 Å². The third-order valence-corrected chi connectivity index (χ3v) is 2.74. The molecule has 2 nitrogen and oxygen atoms in total. The number of alkyl halides is 3. The van der Waals surface area contributed by atoms with Gasteiger partial charge in [0.1, 0.15) is 6.61 Å². The molecule has 0 atom stereocenters. The number of halogens is 3. The second kappa shape index (κ2) is 5.45. The molecule has 0 aromatic carbocycles. The van der Waals surface area contributed by atoms with Crippen LogP contribution in [-0.4, -0.2) is 25.2 Å². The van der Waals surface area contributed by atoms with Gasteiger partial charge in [-0.2, -0.15) is 13.2 Å². The molecule has 0 bridgehead atoms. The Labute approximate surface area is 95.0 Å².